The van der Waals surface area contributed by atoms with Crippen molar-refractivity contribution in [2.45, 2.75) is 161 Å². The zero-order chi connectivity index (χ0) is 50.6. The molecule has 0 bridgehead atoms. The summed E-state index contributed by atoms with van der Waals surface area (Å²) in [5.74, 6) is -0.263. The number of phosphoric ester groups is 1. The fraction of sp³-hybridized carbons (Fsp3) is 0.517. The number of likely N-dealkylation sites (N-methyl/N-ethyl adjacent to an activating group) is 1. The van der Waals surface area contributed by atoms with Gasteiger partial charge in [0.25, 0.3) is 7.82 Å². The topological polar surface area (TPSA) is 108 Å². The molecule has 0 aliphatic rings. The molecule has 0 saturated carbocycles. The average Bonchev–Trinajstić information content (AvgIpc) is 3.31. The Morgan fingerprint density at radius 1 is 0.522 bits per heavy atom. The van der Waals surface area contributed by atoms with E-state index in [1.807, 2.05) is 27.2 Å². The Bertz CT molecular complexity index is 1720. The van der Waals surface area contributed by atoms with Gasteiger partial charge in [-0.3, -0.25) is 9.36 Å². The van der Waals surface area contributed by atoms with E-state index in [0.29, 0.717) is 17.4 Å². The summed E-state index contributed by atoms with van der Waals surface area (Å²) in [7, 11) is 1.18. The van der Waals surface area contributed by atoms with Crippen LogP contribution in [0.15, 0.2) is 170 Å². The molecular weight excluding hydrogens is 876 g/mol. The molecule has 0 aromatic rings. The molecule has 0 aliphatic carbocycles. The minimum absolute atomic E-state index is 0.0254. The standard InChI is InChI=1S/C60H95N2O6P/c1-6-8-10-12-14-16-17-18-19-20-21-22-23-24-25-26-27-28-29-30-31-32-33-34-35-36-37-38-39-40-41-42-43-44-45-46-48-50-52-54-60(64)61-58(57-68-69(65,66)67-56-55-62(3,4)5)59(63)53-51-49-47-15-13-11-9-7-2/h8,10,13-16,18-19,21-22,24-25,27-28,30-31,33-34,36-37,39-40,42-43,45-46,51,53,58-59,63H,6-7,9,11-12,17,20,23,26,29,32,35,38,41,44,47-50,52,54-57H2,1-5H3,(H-,61,64,65,66)/b10-8-,15-13+,16-14-,19-18-,22-21-,25-24-,28-27-,31-30-,34-33-,37-36-,40-39-,43-42-,46-45-,53-51+. The zero-order valence-corrected chi connectivity index (χ0v) is 44.6. The van der Waals surface area contributed by atoms with Crippen LogP contribution in [-0.2, 0) is 18.4 Å². The van der Waals surface area contributed by atoms with E-state index >= 15 is 0 Å². The highest BCUT2D eigenvalue weighted by Gasteiger charge is 2.23. The maximum Gasteiger partial charge on any atom is 0.268 e. The van der Waals surface area contributed by atoms with E-state index in [1.54, 1.807) is 6.08 Å². The van der Waals surface area contributed by atoms with Crippen LogP contribution < -0.4 is 10.2 Å². The number of carbonyl (C=O) groups excluding carboxylic acids is 1. The summed E-state index contributed by atoms with van der Waals surface area (Å²) in [5, 5.41) is 13.6. The average molecular weight is 971 g/mol. The summed E-state index contributed by atoms with van der Waals surface area (Å²) in [5.41, 5.74) is 0. The monoisotopic (exact) mass is 971 g/mol. The van der Waals surface area contributed by atoms with Crippen molar-refractivity contribution < 1.29 is 32.9 Å². The fourth-order valence-electron chi connectivity index (χ4n) is 6.07. The quantitative estimate of drug-likeness (QED) is 0.0273. The first-order valence-corrected chi connectivity index (χ1v) is 27.5. The van der Waals surface area contributed by atoms with Crippen molar-refractivity contribution in [3.8, 4) is 0 Å². The van der Waals surface area contributed by atoms with Crippen LogP contribution in [-0.4, -0.2) is 68.5 Å². The summed E-state index contributed by atoms with van der Waals surface area (Å²) in [4.78, 5) is 25.2. The van der Waals surface area contributed by atoms with E-state index in [-0.39, 0.29) is 18.9 Å². The van der Waals surface area contributed by atoms with Gasteiger partial charge >= 0.3 is 0 Å². The molecule has 0 aliphatic heterocycles. The molecular formula is C60H95N2O6P. The maximum absolute atomic E-state index is 12.8. The normalized spacial score (nSPS) is 15.4. The molecule has 0 rings (SSSR count). The third-order valence-electron chi connectivity index (χ3n) is 10.2. The van der Waals surface area contributed by atoms with Crippen molar-refractivity contribution in [1.29, 1.82) is 0 Å². The molecule has 1 amide bonds. The molecule has 8 nitrogen and oxygen atoms in total. The maximum atomic E-state index is 12.8. The van der Waals surface area contributed by atoms with Crippen LogP contribution in [0.2, 0.25) is 0 Å². The molecule has 69 heavy (non-hydrogen) atoms. The largest absolute Gasteiger partial charge is 0.756 e. The lowest BCUT2D eigenvalue weighted by Gasteiger charge is -2.29. The molecule has 0 heterocycles. The van der Waals surface area contributed by atoms with E-state index in [4.69, 9.17) is 9.05 Å². The summed E-state index contributed by atoms with van der Waals surface area (Å²) in [6.07, 6.45) is 78.9. The Balaban J connectivity index is 4.20. The summed E-state index contributed by atoms with van der Waals surface area (Å²) >= 11 is 0. The van der Waals surface area contributed by atoms with Crippen LogP contribution in [0.5, 0.6) is 0 Å². The van der Waals surface area contributed by atoms with Crippen molar-refractivity contribution in [1.82, 2.24) is 5.32 Å². The number of amides is 1. The number of phosphoric acid groups is 1. The first-order valence-electron chi connectivity index (χ1n) is 26.0. The fourth-order valence-corrected chi connectivity index (χ4v) is 6.80. The van der Waals surface area contributed by atoms with Crippen molar-refractivity contribution in [3.05, 3.63) is 170 Å². The molecule has 0 saturated heterocycles. The van der Waals surface area contributed by atoms with Crippen LogP contribution in [0.1, 0.15) is 149 Å². The second-order valence-corrected chi connectivity index (χ2v) is 19.2. The van der Waals surface area contributed by atoms with Gasteiger partial charge in [-0.15, -0.1) is 0 Å². The predicted molar refractivity (Wildman–Crippen MR) is 297 cm³/mol. The molecule has 0 radical (unpaired) electrons. The number of aliphatic hydroxyl groups excluding tert-OH is 1. The predicted octanol–water partition coefficient (Wildman–Crippen LogP) is 15.1. The van der Waals surface area contributed by atoms with Gasteiger partial charge in [-0.1, -0.05) is 197 Å². The number of nitrogens with one attached hydrogen (secondary N) is 1. The molecule has 2 N–H and O–H groups in total. The molecule has 3 unspecified atom stereocenters. The van der Waals surface area contributed by atoms with Gasteiger partial charge in [0, 0.05) is 6.42 Å². The molecule has 0 fully saturated rings. The lowest BCUT2D eigenvalue weighted by Crippen LogP contribution is -2.45. The number of rotatable bonds is 44. The number of quaternary nitrogens is 1. The number of unbranched alkanes of at least 4 members (excludes halogenated alkanes) is 5. The van der Waals surface area contributed by atoms with Crippen LogP contribution in [0.3, 0.4) is 0 Å². The Morgan fingerprint density at radius 2 is 0.884 bits per heavy atom. The van der Waals surface area contributed by atoms with E-state index in [2.05, 4.69) is 177 Å². The van der Waals surface area contributed by atoms with E-state index < -0.39 is 26.6 Å². The summed E-state index contributed by atoms with van der Waals surface area (Å²) in [6.45, 7) is 4.35. The Morgan fingerprint density at radius 3 is 1.29 bits per heavy atom. The molecule has 0 aromatic heterocycles. The van der Waals surface area contributed by atoms with Gasteiger partial charge in [-0.2, -0.15) is 0 Å². The number of carbonyl (C=O) groups is 1. The molecule has 0 aromatic carbocycles. The first kappa shape index (κ1) is 64.9. The second-order valence-electron chi connectivity index (χ2n) is 17.8. The number of hydrogen-bond donors (Lipinski definition) is 2. The van der Waals surface area contributed by atoms with E-state index in [9.17, 15) is 19.4 Å². The van der Waals surface area contributed by atoms with Crippen LogP contribution in [0, 0.1) is 0 Å². The van der Waals surface area contributed by atoms with Gasteiger partial charge in [-0.05, 0) is 116 Å². The zero-order valence-electron chi connectivity index (χ0n) is 43.7. The number of hydrogen-bond acceptors (Lipinski definition) is 6. The third kappa shape index (κ3) is 51.5. The van der Waals surface area contributed by atoms with E-state index in [0.717, 1.165) is 122 Å². The smallest absolute Gasteiger partial charge is 0.268 e. The third-order valence-corrected chi connectivity index (χ3v) is 11.1. The lowest BCUT2D eigenvalue weighted by atomic mass is 10.1. The summed E-state index contributed by atoms with van der Waals surface area (Å²) in [6, 6.07) is -0.937. The Labute approximate surface area is 422 Å². The highest BCUT2D eigenvalue weighted by Crippen LogP contribution is 2.38. The van der Waals surface area contributed by atoms with E-state index in [1.165, 1.54) is 0 Å². The number of allylic oxidation sites excluding steroid dienone is 27. The molecule has 3 atom stereocenters. The van der Waals surface area contributed by atoms with Crippen molar-refractivity contribution in [2.24, 2.45) is 0 Å². The highest BCUT2D eigenvalue weighted by molar-refractivity contribution is 7.45. The van der Waals surface area contributed by atoms with Gasteiger partial charge in [0.2, 0.25) is 5.91 Å². The van der Waals surface area contributed by atoms with Crippen molar-refractivity contribution >= 4 is 13.7 Å². The SMILES string of the molecule is CC/C=C\C/C=C\C/C=C\C/C=C\C/C=C\C/C=C\C/C=C\C/C=C\C/C=C\C/C=C\C/C=C\C/C=C\CCCCC(=O)NC(COP(=O)([O-])OCC[N+](C)(C)C)C(O)/C=C/CC/C=C/CCCC. The minimum Gasteiger partial charge on any atom is -0.756 e. The number of aliphatic hydroxyl groups is 1. The molecule has 386 valence electrons. The van der Waals surface area contributed by atoms with Gasteiger partial charge in [0.15, 0.2) is 0 Å². The molecule has 9 heteroatoms. The van der Waals surface area contributed by atoms with Crippen molar-refractivity contribution in [3.63, 3.8) is 0 Å². The Kier molecular flexibility index (Phi) is 45.9. The second kappa shape index (κ2) is 48.9. The van der Waals surface area contributed by atoms with Crippen LogP contribution in [0.4, 0.5) is 0 Å². The Hall–Kier alpha value is -4.14. The molecule has 0 spiro atoms. The highest BCUT2D eigenvalue weighted by atomic mass is 31.2. The lowest BCUT2D eigenvalue weighted by molar-refractivity contribution is -0.870. The van der Waals surface area contributed by atoms with Crippen LogP contribution in [0.25, 0.3) is 0 Å². The van der Waals surface area contributed by atoms with Gasteiger partial charge in [0.1, 0.15) is 13.2 Å². The van der Waals surface area contributed by atoms with Gasteiger partial charge in [0.05, 0.1) is 39.9 Å². The van der Waals surface area contributed by atoms with Crippen LogP contribution >= 0.6 is 7.82 Å². The van der Waals surface area contributed by atoms with Gasteiger partial charge in [-0.25, -0.2) is 0 Å². The summed E-state index contributed by atoms with van der Waals surface area (Å²) < 4.78 is 23.1. The minimum atomic E-state index is -4.62. The van der Waals surface area contributed by atoms with Crippen molar-refractivity contribution in [2.75, 3.05) is 40.9 Å². The first-order chi connectivity index (χ1) is 33.5. The van der Waals surface area contributed by atoms with Gasteiger partial charge < -0.3 is 28.8 Å². The number of nitrogens with zero attached hydrogens (tertiary/aromatic N) is 1.